The van der Waals surface area contributed by atoms with Gasteiger partial charge in [0.25, 0.3) is 0 Å². The van der Waals surface area contributed by atoms with Crippen molar-refractivity contribution in [2.45, 2.75) is 72.0 Å². The number of carbonyl (C=O) groups excluding carboxylic acids is 2. The molecular weight excluding hydrogens is 450 g/mol. The zero-order valence-corrected chi connectivity index (χ0v) is 20.8. The van der Waals surface area contributed by atoms with Crippen LogP contribution in [0.25, 0.3) is 0 Å². The summed E-state index contributed by atoms with van der Waals surface area (Å²) in [5.41, 5.74) is 7.53. The minimum atomic E-state index is -1.21. The lowest BCUT2D eigenvalue weighted by Crippen LogP contribution is -2.57. The Hall–Kier alpha value is -3.24. The smallest absolute Gasteiger partial charge is 0.326 e. The fourth-order valence-corrected chi connectivity index (χ4v) is 3.40. The number of benzene rings is 1. The molecule has 0 radical (unpaired) electrons. The predicted molar refractivity (Wildman–Crippen MR) is 131 cm³/mol. The van der Waals surface area contributed by atoms with E-state index in [1.54, 1.807) is 17.1 Å². The Balaban J connectivity index is 2.05. The number of nitrogens with two attached hydrogens (primary N) is 1. The SMILES string of the molecule is CCC(C)C(NC(=O)C(N)C(C)C)C(=O)NC(Cc1cncn1COCc1ccccc1)C(=O)O. The van der Waals surface area contributed by atoms with Gasteiger partial charge in [-0.25, -0.2) is 9.78 Å². The molecule has 4 atom stereocenters. The molecule has 10 nitrogen and oxygen atoms in total. The first-order valence-corrected chi connectivity index (χ1v) is 11.8. The summed E-state index contributed by atoms with van der Waals surface area (Å²) in [5, 5.41) is 15.1. The molecule has 1 aromatic heterocycles. The van der Waals surface area contributed by atoms with Crippen LogP contribution in [-0.4, -0.2) is 50.6 Å². The van der Waals surface area contributed by atoms with E-state index in [1.165, 1.54) is 0 Å². The predicted octanol–water partition coefficient (Wildman–Crippen LogP) is 1.68. The third-order valence-electron chi connectivity index (χ3n) is 5.98. The van der Waals surface area contributed by atoms with Gasteiger partial charge in [-0.3, -0.25) is 9.59 Å². The molecule has 0 bridgehead atoms. The van der Waals surface area contributed by atoms with Crippen LogP contribution in [0.5, 0.6) is 0 Å². The summed E-state index contributed by atoms with van der Waals surface area (Å²) in [4.78, 5) is 41.6. The topological polar surface area (TPSA) is 149 Å². The maximum atomic E-state index is 13.1. The molecule has 0 spiro atoms. The Morgan fingerprint density at radius 2 is 1.80 bits per heavy atom. The van der Waals surface area contributed by atoms with E-state index < -0.39 is 35.9 Å². The highest BCUT2D eigenvalue weighted by Gasteiger charge is 2.32. The number of hydrogen-bond donors (Lipinski definition) is 4. The summed E-state index contributed by atoms with van der Waals surface area (Å²) < 4.78 is 7.42. The van der Waals surface area contributed by atoms with Gasteiger partial charge in [-0.15, -0.1) is 0 Å². The molecule has 0 saturated heterocycles. The number of hydrogen-bond acceptors (Lipinski definition) is 6. The number of carboxylic acids is 1. The number of aliphatic carboxylic acids is 1. The first-order chi connectivity index (χ1) is 16.6. The highest BCUT2D eigenvalue weighted by molar-refractivity contribution is 5.92. The number of nitrogens with zero attached hydrogens (tertiary/aromatic N) is 2. The minimum Gasteiger partial charge on any atom is -0.480 e. The number of carboxylic acid groups (broad SMARTS) is 1. The maximum Gasteiger partial charge on any atom is 0.326 e. The summed E-state index contributed by atoms with van der Waals surface area (Å²) >= 11 is 0. The molecule has 1 heterocycles. The molecule has 0 aliphatic carbocycles. The Bertz CT molecular complexity index is 962. The molecule has 2 amide bonds. The molecule has 2 aromatic rings. The standard InChI is InChI=1S/C25H37N5O5/c1-5-17(4)22(29-23(31)21(26)16(2)3)24(32)28-20(25(33)34)11-19-12-27-14-30(19)15-35-13-18-9-7-6-8-10-18/h6-10,12,14,16-17,20-22H,5,11,13,15,26H2,1-4H3,(H,28,32)(H,29,31)(H,33,34). The molecule has 4 unspecified atom stereocenters. The van der Waals surface area contributed by atoms with Crippen molar-refractivity contribution in [3.8, 4) is 0 Å². The average molecular weight is 488 g/mol. The van der Waals surface area contributed by atoms with Gasteiger partial charge < -0.3 is 30.8 Å². The molecule has 192 valence electrons. The van der Waals surface area contributed by atoms with Crippen LogP contribution in [0.15, 0.2) is 42.9 Å². The van der Waals surface area contributed by atoms with Crippen LogP contribution in [0.1, 0.15) is 45.4 Å². The van der Waals surface area contributed by atoms with Crippen molar-refractivity contribution >= 4 is 17.8 Å². The molecular formula is C25H37N5O5. The van der Waals surface area contributed by atoms with Gasteiger partial charge in [-0.2, -0.15) is 0 Å². The van der Waals surface area contributed by atoms with E-state index in [0.29, 0.717) is 18.7 Å². The van der Waals surface area contributed by atoms with E-state index in [1.807, 2.05) is 58.0 Å². The lowest BCUT2D eigenvalue weighted by atomic mass is 9.96. The van der Waals surface area contributed by atoms with E-state index in [9.17, 15) is 19.5 Å². The molecule has 0 aliphatic rings. The molecule has 0 saturated carbocycles. The monoisotopic (exact) mass is 487 g/mol. The third-order valence-corrected chi connectivity index (χ3v) is 5.98. The van der Waals surface area contributed by atoms with E-state index in [2.05, 4.69) is 15.6 Å². The first-order valence-electron chi connectivity index (χ1n) is 11.8. The normalized spacial score (nSPS) is 14.7. The van der Waals surface area contributed by atoms with E-state index in [-0.39, 0.29) is 25.0 Å². The second kappa shape index (κ2) is 13.6. The van der Waals surface area contributed by atoms with Crippen LogP contribution >= 0.6 is 0 Å². The summed E-state index contributed by atoms with van der Waals surface area (Å²) in [6, 6.07) is 6.78. The Labute approximate surface area is 206 Å². The first kappa shape index (κ1) is 28.0. The number of nitrogens with one attached hydrogen (secondary N) is 2. The van der Waals surface area contributed by atoms with Crippen molar-refractivity contribution < 1.29 is 24.2 Å². The lowest BCUT2D eigenvalue weighted by Gasteiger charge is -2.27. The molecule has 5 N–H and O–H groups in total. The highest BCUT2D eigenvalue weighted by atomic mass is 16.5. The van der Waals surface area contributed by atoms with Crippen molar-refractivity contribution in [1.82, 2.24) is 20.2 Å². The fourth-order valence-electron chi connectivity index (χ4n) is 3.40. The zero-order valence-electron chi connectivity index (χ0n) is 20.8. The van der Waals surface area contributed by atoms with Gasteiger partial charge in [-0.05, 0) is 17.4 Å². The van der Waals surface area contributed by atoms with Crippen molar-refractivity contribution in [2.75, 3.05) is 0 Å². The van der Waals surface area contributed by atoms with Crippen LogP contribution in [0, 0.1) is 11.8 Å². The number of carbonyl (C=O) groups is 3. The molecule has 2 rings (SSSR count). The van der Waals surface area contributed by atoms with E-state index >= 15 is 0 Å². The van der Waals surface area contributed by atoms with Crippen molar-refractivity contribution in [3.05, 3.63) is 54.1 Å². The third kappa shape index (κ3) is 8.48. The van der Waals surface area contributed by atoms with Crippen LogP contribution in [-0.2, 0) is 38.9 Å². The largest absolute Gasteiger partial charge is 0.480 e. The van der Waals surface area contributed by atoms with Gasteiger partial charge in [0, 0.05) is 18.3 Å². The summed E-state index contributed by atoms with van der Waals surface area (Å²) in [6.07, 6.45) is 3.71. The van der Waals surface area contributed by atoms with E-state index in [4.69, 9.17) is 10.5 Å². The van der Waals surface area contributed by atoms with Crippen LogP contribution in [0.3, 0.4) is 0 Å². The fraction of sp³-hybridized carbons (Fsp3) is 0.520. The average Bonchev–Trinajstić information content (AvgIpc) is 3.28. The van der Waals surface area contributed by atoms with Crippen molar-refractivity contribution in [3.63, 3.8) is 0 Å². The second-order valence-corrected chi connectivity index (χ2v) is 9.06. The molecule has 0 fully saturated rings. The number of ether oxygens (including phenoxy) is 1. The zero-order chi connectivity index (χ0) is 26.0. The number of imidazole rings is 1. The van der Waals surface area contributed by atoms with Crippen LogP contribution in [0.4, 0.5) is 0 Å². The quantitative estimate of drug-likeness (QED) is 0.317. The minimum absolute atomic E-state index is 0.00243. The molecule has 35 heavy (non-hydrogen) atoms. The molecule has 10 heteroatoms. The highest BCUT2D eigenvalue weighted by Crippen LogP contribution is 2.12. The van der Waals surface area contributed by atoms with Gasteiger partial charge in [0.1, 0.15) is 18.8 Å². The van der Waals surface area contributed by atoms with Crippen molar-refractivity contribution in [1.29, 1.82) is 0 Å². The number of aromatic nitrogens is 2. The molecule has 0 aliphatic heterocycles. The lowest BCUT2D eigenvalue weighted by molar-refractivity contribution is -0.142. The van der Waals surface area contributed by atoms with Gasteiger partial charge in [0.2, 0.25) is 11.8 Å². The number of rotatable bonds is 14. The summed E-state index contributed by atoms with van der Waals surface area (Å²) in [6.45, 7) is 7.92. The van der Waals surface area contributed by atoms with Crippen LogP contribution < -0.4 is 16.4 Å². The summed E-state index contributed by atoms with van der Waals surface area (Å²) in [7, 11) is 0. The Morgan fingerprint density at radius 3 is 2.40 bits per heavy atom. The van der Waals surface area contributed by atoms with Crippen molar-refractivity contribution in [2.24, 2.45) is 17.6 Å². The second-order valence-electron chi connectivity index (χ2n) is 9.06. The van der Waals surface area contributed by atoms with E-state index in [0.717, 1.165) is 5.56 Å². The maximum absolute atomic E-state index is 13.1. The van der Waals surface area contributed by atoms with Gasteiger partial charge in [0.05, 0.1) is 19.0 Å². The number of amides is 2. The Morgan fingerprint density at radius 1 is 1.11 bits per heavy atom. The molecule has 1 aromatic carbocycles. The van der Waals surface area contributed by atoms with Crippen LogP contribution in [0.2, 0.25) is 0 Å². The van der Waals surface area contributed by atoms with Gasteiger partial charge in [0.15, 0.2) is 0 Å². The van der Waals surface area contributed by atoms with Gasteiger partial charge in [-0.1, -0.05) is 64.4 Å². The summed E-state index contributed by atoms with van der Waals surface area (Å²) in [5.74, 6) is -2.52. The Kier molecular flexibility index (Phi) is 10.9. The van der Waals surface area contributed by atoms with Gasteiger partial charge >= 0.3 is 5.97 Å².